The van der Waals surface area contributed by atoms with Crippen LogP contribution in [0, 0.1) is 5.82 Å². The van der Waals surface area contributed by atoms with Gasteiger partial charge < -0.3 is 0 Å². The summed E-state index contributed by atoms with van der Waals surface area (Å²) < 4.78 is 39.7. The summed E-state index contributed by atoms with van der Waals surface area (Å²) in [4.78, 5) is 4.03. The largest absolute Gasteiger partial charge is 0.263 e. The van der Waals surface area contributed by atoms with Crippen LogP contribution in [0.4, 0.5) is 10.2 Å². The Labute approximate surface area is 121 Å². The first-order valence-corrected chi connectivity index (χ1v) is 7.72. The number of pyridine rings is 1. The van der Waals surface area contributed by atoms with Crippen LogP contribution in [0.2, 0.25) is 5.02 Å². The van der Waals surface area contributed by atoms with Crippen molar-refractivity contribution in [3.8, 4) is 0 Å². The van der Waals surface area contributed by atoms with E-state index in [2.05, 4.69) is 9.71 Å². The Morgan fingerprint density at radius 1 is 1.30 bits per heavy atom. The Morgan fingerprint density at radius 2 is 2.05 bits per heavy atom. The van der Waals surface area contributed by atoms with Gasteiger partial charge in [-0.1, -0.05) is 24.6 Å². The summed E-state index contributed by atoms with van der Waals surface area (Å²) in [5, 5.41) is -0.247. The third kappa shape index (κ3) is 3.26. The van der Waals surface area contributed by atoms with E-state index in [1.54, 1.807) is 18.2 Å². The minimum Gasteiger partial charge on any atom is -0.263 e. The van der Waals surface area contributed by atoms with Crippen molar-refractivity contribution in [3.05, 3.63) is 52.9 Å². The minimum atomic E-state index is -3.84. The van der Waals surface area contributed by atoms with E-state index >= 15 is 0 Å². The lowest BCUT2D eigenvalue weighted by Crippen LogP contribution is -2.14. The predicted molar refractivity (Wildman–Crippen MR) is 75.8 cm³/mol. The van der Waals surface area contributed by atoms with Crippen LogP contribution in [0.3, 0.4) is 0 Å². The predicted octanol–water partition coefficient (Wildman–Crippen LogP) is 3.24. The number of aromatic nitrogens is 1. The van der Waals surface area contributed by atoms with Gasteiger partial charge in [-0.25, -0.2) is 17.8 Å². The van der Waals surface area contributed by atoms with Crippen molar-refractivity contribution < 1.29 is 12.8 Å². The second kappa shape index (κ2) is 5.76. The van der Waals surface area contributed by atoms with Crippen LogP contribution in [-0.4, -0.2) is 13.4 Å². The molecule has 20 heavy (non-hydrogen) atoms. The van der Waals surface area contributed by atoms with Crippen molar-refractivity contribution in [3.63, 3.8) is 0 Å². The van der Waals surface area contributed by atoms with Crippen LogP contribution in [0.1, 0.15) is 12.6 Å². The molecule has 0 atom stereocenters. The summed E-state index contributed by atoms with van der Waals surface area (Å²) in [5.41, 5.74) is 0.766. The van der Waals surface area contributed by atoms with Gasteiger partial charge in [-0.15, -0.1) is 0 Å². The van der Waals surface area contributed by atoms with Crippen LogP contribution in [-0.2, 0) is 16.4 Å². The molecule has 1 N–H and O–H groups in total. The summed E-state index contributed by atoms with van der Waals surface area (Å²) >= 11 is 5.59. The van der Waals surface area contributed by atoms with Gasteiger partial charge in [-0.3, -0.25) is 4.72 Å². The summed E-state index contributed by atoms with van der Waals surface area (Å²) in [5.74, 6) is -0.457. The quantitative estimate of drug-likeness (QED) is 0.942. The zero-order valence-electron chi connectivity index (χ0n) is 10.6. The Morgan fingerprint density at radius 3 is 2.70 bits per heavy atom. The van der Waals surface area contributed by atoms with E-state index in [-0.39, 0.29) is 15.7 Å². The Balaban J connectivity index is 2.32. The van der Waals surface area contributed by atoms with E-state index in [4.69, 9.17) is 11.6 Å². The SMILES string of the molecule is CCc1cccc(NS(=O)(=O)c2ccc(F)c(Cl)c2)n1. The molecule has 4 nitrogen and oxygen atoms in total. The number of hydrogen-bond donors (Lipinski definition) is 1. The van der Waals surface area contributed by atoms with Gasteiger partial charge in [-0.05, 0) is 36.8 Å². The van der Waals surface area contributed by atoms with Crippen molar-refractivity contribution in [1.29, 1.82) is 0 Å². The average Bonchev–Trinajstić information content (AvgIpc) is 2.41. The monoisotopic (exact) mass is 314 g/mol. The Hall–Kier alpha value is -1.66. The van der Waals surface area contributed by atoms with Gasteiger partial charge in [0.05, 0.1) is 9.92 Å². The number of aryl methyl sites for hydroxylation is 1. The molecule has 1 heterocycles. The van der Waals surface area contributed by atoms with Crippen molar-refractivity contribution >= 4 is 27.4 Å². The first kappa shape index (κ1) is 14.7. The zero-order chi connectivity index (χ0) is 14.8. The van der Waals surface area contributed by atoms with Gasteiger partial charge in [0.2, 0.25) is 0 Å². The third-order valence-electron chi connectivity index (χ3n) is 2.61. The van der Waals surface area contributed by atoms with Crippen LogP contribution >= 0.6 is 11.6 Å². The normalized spacial score (nSPS) is 11.3. The molecule has 0 unspecified atom stereocenters. The molecule has 0 fully saturated rings. The van der Waals surface area contributed by atoms with E-state index in [1.807, 2.05) is 6.92 Å². The van der Waals surface area contributed by atoms with Gasteiger partial charge in [0.1, 0.15) is 11.6 Å². The topological polar surface area (TPSA) is 59.1 Å². The smallest absolute Gasteiger partial charge is 0.263 e. The molecule has 0 spiro atoms. The van der Waals surface area contributed by atoms with E-state index in [9.17, 15) is 12.8 Å². The van der Waals surface area contributed by atoms with E-state index in [0.717, 1.165) is 23.9 Å². The molecule has 0 aliphatic rings. The second-order valence-electron chi connectivity index (χ2n) is 4.05. The maximum absolute atomic E-state index is 13.1. The Bertz CT molecular complexity index is 735. The molecule has 0 saturated carbocycles. The maximum Gasteiger partial charge on any atom is 0.263 e. The number of benzene rings is 1. The van der Waals surface area contributed by atoms with Gasteiger partial charge in [0.15, 0.2) is 0 Å². The molecular weight excluding hydrogens is 303 g/mol. The molecule has 1 aromatic carbocycles. The summed E-state index contributed by atoms with van der Waals surface area (Å²) in [6.45, 7) is 1.92. The number of halogens is 2. The zero-order valence-corrected chi connectivity index (χ0v) is 12.2. The van der Waals surface area contributed by atoms with Gasteiger partial charge in [-0.2, -0.15) is 0 Å². The van der Waals surface area contributed by atoms with Gasteiger partial charge in [0.25, 0.3) is 10.0 Å². The van der Waals surface area contributed by atoms with Crippen molar-refractivity contribution in [2.24, 2.45) is 0 Å². The average molecular weight is 315 g/mol. The lowest BCUT2D eigenvalue weighted by molar-refractivity contribution is 0.599. The summed E-state index contributed by atoms with van der Waals surface area (Å²) in [7, 11) is -3.84. The van der Waals surface area contributed by atoms with Gasteiger partial charge in [0, 0.05) is 5.69 Å². The second-order valence-corrected chi connectivity index (χ2v) is 6.14. The number of nitrogens with one attached hydrogen (secondary N) is 1. The molecule has 0 radical (unpaired) electrons. The first-order valence-electron chi connectivity index (χ1n) is 5.86. The fraction of sp³-hybridized carbons (Fsp3) is 0.154. The highest BCUT2D eigenvalue weighted by molar-refractivity contribution is 7.92. The highest BCUT2D eigenvalue weighted by atomic mass is 35.5. The lowest BCUT2D eigenvalue weighted by Gasteiger charge is -2.08. The number of rotatable bonds is 4. The number of hydrogen-bond acceptors (Lipinski definition) is 3. The van der Waals surface area contributed by atoms with Crippen molar-refractivity contribution in [1.82, 2.24) is 4.98 Å². The van der Waals surface area contributed by atoms with Gasteiger partial charge >= 0.3 is 0 Å². The molecule has 0 aliphatic carbocycles. The molecular formula is C13H12ClFN2O2S. The molecule has 106 valence electrons. The molecule has 7 heteroatoms. The molecule has 2 rings (SSSR count). The maximum atomic E-state index is 13.1. The fourth-order valence-electron chi connectivity index (χ4n) is 1.57. The third-order valence-corrected chi connectivity index (χ3v) is 4.25. The van der Waals surface area contributed by atoms with Crippen molar-refractivity contribution in [2.75, 3.05) is 4.72 Å². The summed E-state index contributed by atoms with van der Waals surface area (Å²) in [6, 6.07) is 8.26. The van der Waals surface area contributed by atoms with Crippen LogP contribution < -0.4 is 4.72 Å². The number of anilines is 1. The molecule has 0 saturated heterocycles. The molecule has 0 bridgehead atoms. The lowest BCUT2D eigenvalue weighted by atomic mass is 10.3. The highest BCUT2D eigenvalue weighted by Gasteiger charge is 2.16. The van der Waals surface area contributed by atoms with E-state index in [0.29, 0.717) is 6.42 Å². The molecule has 1 aromatic heterocycles. The number of sulfonamides is 1. The van der Waals surface area contributed by atoms with Crippen LogP contribution in [0.25, 0.3) is 0 Å². The standard InChI is InChI=1S/C13H12ClFN2O2S/c1-2-9-4-3-5-13(16-9)17-20(18,19)10-6-7-12(15)11(14)8-10/h3-8H,2H2,1H3,(H,16,17). The van der Waals surface area contributed by atoms with Crippen molar-refractivity contribution in [2.45, 2.75) is 18.2 Å². The van der Waals surface area contributed by atoms with Crippen LogP contribution in [0.5, 0.6) is 0 Å². The molecule has 0 aliphatic heterocycles. The van der Waals surface area contributed by atoms with E-state index in [1.165, 1.54) is 0 Å². The van der Waals surface area contributed by atoms with Crippen LogP contribution in [0.15, 0.2) is 41.3 Å². The highest BCUT2D eigenvalue weighted by Crippen LogP contribution is 2.21. The molecule has 2 aromatic rings. The fourth-order valence-corrected chi connectivity index (χ4v) is 2.85. The minimum absolute atomic E-state index is 0.118. The van der Waals surface area contributed by atoms with E-state index < -0.39 is 15.8 Å². The Kier molecular flexibility index (Phi) is 4.25. The number of nitrogens with zero attached hydrogens (tertiary/aromatic N) is 1. The molecule has 0 amide bonds. The first-order chi connectivity index (χ1) is 9.42. The summed E-state index contributed by atoms with van der Waals surface area (Å²) in [6.07, 6.45) is 0.692.